The number of alkyl halides is 1. The summed E-state index contributed by atoms with van der Waals surface area (Å²) in [6.45, 7) is 8.11. The number of esters is 1. The number of rotatable bonds is 11. The van der Waals surface area contributed by atoms with Crippen LogP contribution in [-0.4, -0.2) is 81.6 Å². The largest absolute Gasteiger partial charge is 0.461 e. The van der Waals surface area contributed by atoms with Crippen LogP contribution in [-0.2, 0) is 30.4 Å². The number of nitrogens with zero attached hydrogens (tertiary/aromatic N) is 2. The third-order valence-electron chi connectivity index (χ3n) is 7.07. The molecule has 0 aromatic heterocycles. The molecule has 188 valence electrons. The van der Waals surface area contributed by atoms with Gasteiger partial charge in [0.05, 0.1) is 17.9 Å². The summed E-state index contributed by atoms with van der Waals surface area (Å²) < 4.78 is 11.8. The molecular weight excluding hydrogens is 516 g/mol. The summed E-state index contributed by atoms with van der Waals surface area (Å²) in [4.78, 5) is 43.9. The number of aliphatic hydroxyl groups excluding tert-OH is 1. The van der Waals surface area contributed by atoms with E-state index in [9.17, 15) is 19.5 Å². The molecule has 3 heterocycles. The van der Waals surface area contributed by atoms with Gasteiger partial charge in [-0.1, -0.05) is 65.0 Å². The smallest absolute Gasteiger partial charge is 0.312 e. The van der Waals surface area contributed by atoms with Crippen molar-refractivity contribution >= 4 is 33.7 Å². The number of hydrogen-bond acceptors (Lipinski definition) is 6. The van der Waals surface area contributed by atoms with E-state index >= 15 is 0 Å². The van der Waals surface area contributed by atoms with E-state index in [1.54, 1.807) is 11.0 Å². The number of carbonyl (C=O) groups excluding carboxylic acids is 3. The van der Waals surface area contributed by atoms with Crippen molar-refractivity contribution in [3.05, 3.63) is 61.2 Å². The fourth-order valence-corrected chi connectivity index (χ4v) is 6.70. The quantitative estimate of drug-likeness (QED) is 0.259. The monoisotopic (exact) mass is 546 g/mol. The fraction of sp³-hybridized carbons (Fsp3) is 0.500. The lowest BCUT2D eigenvalue weighted by Crippen LogP contribution is -2.56. The number of aliphatic hydroxyl groups is 1. The lowest BCUT2D eigenvalue weighted by molar-refractivity contribution is -0.154. The second kappa shape index (κ2) is 10.6. The molecule has 3 unspecified atom stereocenters. The maximum Gasteiger partial charge on any atom is 0.312 e. The van der Waals surface area contributed by atoms with Crippen LogP contribution in [0.5, 0.6) is 0 Å². The van der Waals surface area contributed by atoms with Crippen LogP contribution in [0.3, 0.4) is 0 Å². The van der Waals surface area contributed by atoms with E-state index in [1.165, 1.54) is 11.0 Å². The molecule has 1 spiro atoms. The molecule has 1 N–H and O–H groups in total. The molecule has 2 bridgehead atoms. The number of likely N-dealkylation sites (tertiary alicyclic amines) is 1. The minimum Gasteiger partial charge on any atom is -0.461 e. The van der Waals surface area contributed by atoms with Crippen LogP contribution in [0.25, 0.3) is 0 Å². The first-order valence-electron chi connectivity index (χ1n) is 11.8. The summed E-state index contributed by atoms with van der Waals surface area (Å²) >= 11 is 3.63. The van der Waals surface area contributed by atoms with Gasteiger partial charge in [-0.05, 0) is 18.4 Å². The Hall–Kier alpha value is -2.49. The highest BCUT2D eigenvalue weighted by Gasteiger charge is 2.77. The number of hydrogen-bond donors (Lipinski definition) is 1. The van der Waals surface area contributed by atoms with Gasteiger partial charge in [0.15, 0.2) is 0 Å². The number of halogens is 1. The van der Waals surface area contributed by atoms with E-state index < -0.39 is 35.6 Å². The van der Waals surface area contributed by atoms with E-state index in [0.29, 0.717) is 25.9 Å². The van der Waals surface area contributed by atoms with E-state index in [0.717, 1.165) is 5.56 Å². The van der Waals surface area contributed by atoms with Crippen LogP contribution in [0.4, 0.5) is 0 Å². The zero-order valence-electron chi connectivity index (χ0n) is 19.6. The average Bonchev–Trinajstić information content (AvgIpc) is 3.44. The highest BCUT2D eigenvalue weighted by atomic mass is 79.9. The van der Waals surface area contributed by atoms with Crippen molar-refractivity contribution in [3.8, 4) is 0 Å². The Morgan fingerprint density at radius 1 is 1.29 bits per heavy atom. The minimum atomic E-state index is -1.16. The van der Waals surface area contributed by atoms with Gasteiger partial charge in [0.1, 0.15) is 18.2 Å². The zero-order valence-corrected chi connectivity index (χ0v) is 21.1. The van der Waals surface area contributed by atoms with Crippen molar-refractivity contribution in [1.29, 1.82) is 0 Å². The molecule has 2 amide bonds. The maximum atomic E-state index is 14.1. The number of amides is 2. The van der Waals surface area contributed by atoms with Crippen LogP contribution in [0, 0.1) is 11.8 Å². The van der Waals surface area contributed by atoms with Gasteiger partial charge in [-0.2, -0.15) is 0 Å². The third-order valence-corrected chi connectivity index (χ3v) is 7.92. The topological polar surface area (TPSA) is 96.4 Å². The van der Waals surface area contributed by atoms with E-state index in [2.05, 4.69) is 29.1 Å². The SMILES string of the molecule is C=CCOC(=O)[C@H]1[C@@H]2OC3(CC2Br)C(C(=O)N(CC=C)Cc2ccccc2)N(CCCO)C(=O)[C@H]13. The molecule has 3 fully saturated rings. The summed E-state index contributed by atoms with van der Waals surface area (Å²) in [5.41, 5.74) is -0.208. The van der Waals surface area contributed by atoms with Crippen molar-refractivity contribution in [2.75, 3.05) is 26.3 Å². The summed E-state index contributed by atoms with van der Waals surface area (Å²) in [6, 6.07) is 8.67. The van der Waals surface area contributed by atoms with Crippen molar-refractivity contribution < 1.29 is 29.0 Å². The predicted octanol–water partition coefficient (Wildman–Crippen LogP) is 2.06. The van der Waals surface area contributed by atoms with E-state index in [-0.39, 0.29) is 36.4 Å². The van der Waals surface area contributed by atoms with Gasteiger partial charge < -0.3 is 24.4 Å². The first kappa shape index (κ1) is 25.6. The molecule has 3 aliphatic rings. The van der Waals surface area contributed by atoms with Crippen molar-refractivity contribution in [3.63, 3.8) is 0 Å². The summed E-state index contributed by atoms with van der Waals surface area (Å²) in [6.07, 6.45) is 3.28. The fourth-order valence-electron chi connectivity index (χ4n) is 5.76. The Morgan fingerprint density at radius 3 is 2.69 bits per heavy atom. The third kappa shape index (κ3) is 4.45. The van der Waals surface area contributed by atoms with Crippen LogP contribution in [0.1, 0.15) is 18.4 Å². The number of ether oxygens (including phenoxy) is 2. The molecule has 3 aliphatic heterocycles. The summed E-state index contributed by atoms with van der Waals surface area (Å²) in [5, 5.41) is 9.47. The molecule has 0 saturated carbocycles. The van der Waals surface area contributed by atoms with Gasteiger partial charge in [0, 0.05) is 31.1 Å². The number of carbonyl (C=O) groups is 3. The molecule has 0 aliphatic carbocycles. The molecule has 3 saturated heterocycles. The predicted molar refractivity (Wildman–Crippen MR) is 132 cm³/mol. The van der Waals surface area contributed by atoms with Crippen LogP contribution in [0.2, 0.25) is 0 Å². The van der Waals surface area contributed by atoms with Crippen molar-refractivity contribution in [2.45, 2.75) is 42.0 Å². The van der Waals surface area contributed by atoms with Gasteiger partial charge in [0.2, 0.25) is 11.8 Å². The first-order valence-corrected chi connectivity index (χ1v) is 12.8. The molecule has 35 heavy (non-hydrogen) atoms. The van der Waals surface area contributed by atoms with Crippen LogP contribution < -0.4 is 0 Å². The molecule has 6 atom stereocenters. The standard InChI is InChI=1S/C26H31BrN2O6/c1-3-11-28(16-17-9-6-5-7-10-17)24(32)22-26-15-18(27)21(35-26)19(25(33)34-14-4-2)20(26)23(31)29(22)12-8-13-30/h3-7,9-10,18-22,30H,1-2,8,11-16H2/t18?,19-,20+,21-,22?,26?/m1/s1. The lowest BCUT2D eigenvalue weighted by Gasteiger charge is -2.37. The average molecular weight is 547 g/mol. The van der Waals surface area contributed by atoms with Crippen LogP contribution in [0.15, 0.2) is 55.6 Å². The second-order valence-corrected chi connectivity index (χ2v) is 10.4. The molecule has 1 aromatic carbocycles. The molecule has 4 rings (SSSR count). The molecule has 8 nitrogen and oxygen atoms in total. The molecule has 0 radical (unpaired) electrons. The molecular formula is C26H31BrN2O6. The van der Waals surface area contributed by atoms with Crippen LogP contribution >= 0.6 is 15.9 Å². The van der Waals surface area contributed by atoms with Gasteiger partial charge >= 0.3 is 5.97 Å². The maximum absolute atomic E-state index is 14.1. The van der Waals surface area contributed by atoms with Gasteiger partial charge in [-0.3, -0.25) is 14.4 Å². The molecule has 9 heteroatoms. The van der Waals surface area contributed by atoms with Gasteiger partial charge in [-0.15, -0.1) is 6.58 Å². The molecule has 1 aromatic rings. The van der Waals surface area contributed by atoms with Gasteiger partial charge in [0.25, 0.3) is 0 Å². The highest BCUT2D eigenvalue weighted by Crippen LogP contribution is 2.60. The Kier molecular flexibility index (Phi) is 7.78. The van der Waals surface area contributed by atoms with E-state index in [4.69, 9.17) is 9.47 Å². The minimum absolute atomic E-state index is 0.0314. The normalized spacial score (nSPS) is 30.7. The van der Waals surface area contributed by atoms with E-state index in [1.807, 2.05) is 30.3 Å². The Bertz CT molecular complexity index is 987. The highest BCUT2D eigenvalue weighted by molar-refractivity contribution is 9.09. The Morgan fingerprint density at radius 2 is 2.03 bits per heavy atom. The lowest BCUT2D eigenvalue weighted by atomic mass is 9.70. The zero-order chi connectivity index (χ0) is 25.2. The van der Waals surface area contributed by atoms with Gasteiger partial charge in [-0.25, -0.2) is 0 Å². The van der Waals surface area contributed by atoms with Crippen molar-refractivity contribution in [1.82, 2.24) is 9.80 Å². The number of benzene rings is 1. The number of fused-ring (bicyclic) bond motifs is 1. The second-order valence-electron chi connectivity index (χ2n) is 9.18. The van der Waals surface area contributed by atoms with Crippen molar-refractivity contribution in [2.24, 2.45) is 11.8 Å². The Labute approximate surface area is 213 Å². The first-order chi connectivity index (χ1) is 16.9. The Balaban J connectivity index is 1.71. The summed E-state index contributed by atoms with van der Waals surface area (Å²) in [7, 11) is 0. The summed E-state index contributed by atoms with van der Waals surface area (Å²) in [5.74, 6) is -2.74.